The lowest BCUT2D eigenvalue weighted by molar-refractivity contribution is 0.630. The summed E-state index contributed by atoms with van der Waals surface area (Å²) >= 11 is 1.62. The van der Waals surface area contributed by atoms with Crippen LogP contribution in [0.25, 0.3) is 70.2 Å². The molecule has 0 N–H and O–H groups in total. The molecule has 37 heavy (non-hydrogen) atoms. The lowest BCUT2D eigenvalue weighted by Crippen LogP contribution is -1.98. The van der Waals surface area contributed by atoms with Gasteiger partial charge in [0.25, 0.3) is 0 Å². The van der Waals surface area contributed by atoms with Crippen molar-refractivity contribution in [2.24, 2.45) is 0 Å². The highest BCUT2D eigenvalue weighted by Gasteiger charge is 2.22. The lowest BCUT2D eigenvalue weighted by atomic mass is 10.0. The first-order valence-electron chi connectivity index (χ1n) is 12.2. The van der Waals surface area contributed by atoms with Gasteiger partial charge in [0.05, 0.1) is 16.7 Å². The van der Waals surface area contributed by atoms with Crippen LogP contribution in [0.1, 0.15) is 5.56 Å². The Bertz CT molecular complexity index is 2180. The zero-order chi connectivity index (χ0) is 24.7. The maximum atomic E-state index is 14.1. The summed E-state index contributed by atoms with van der Waals surface area (Å²) < 4.78 is 24.8. The van der Waals surface area contributed by atoms with Crippen molar-refractivity contribution in [3.05, 3.63) is 108 Å². The predicted molar refractivity (Wildman–Crippen MR) is 151 cm³/mol. The maximum Gasteiger partial charge on any atom is 0.159 e. The number of benzene rings is 5. The molecule has 0 bridgehead atoms. The zero-order valence-corrected chi connectivity index (χ0v) is 20.6. The molecule has 5 heteroatoms. The lowest BCUT2D eigenvalue weighted by Gasteiger charge is -2.11. The van der Waals surface area contributed by atoms with Crippen molar-refractivity contribution >= 4 is 64.5 Å². The Morgan fingerprint density at radius 1 is 0.811 bits per heavy atom. The standard InChI is InChI=1S/C32H19FN2OS/c1-18-13-15-23(31-29(18)22-16-14-19(33)17-28(22)37-31)32-34-24-9-3-4-10-25(24)35(32)26-11-6-8-21-20-7-2-5-12-27(20)36-30(21)26/h2-17H,1H3. The van der Waals surface area contributed by atoms with E-state index in [9.17, 15) is 4.39 Å². The van der Waals surface area contributed by atoms with E-state index in [0.717, 1.165) is 70.2 Å². The number of halogens is 1. The van der Waals surface area contributed by atoms with Gasteiger partial charge in [0.1, 0.15) is 17.2 Å². The third kappa shape index (κ3) is 2.89. The second kappa shape index (κ2) is 7.51. The van der Waals surface area contributed by atoms with E-state index in [1.54, 1.807) is 17.4 Å². The van der Waals surface area contributed by atoms with Gasteiger partial charge in [-0.05, 0) is 61.0 Å². The van der Waals surface area contributed by atoms with Gasteiger partial charge in [-0.25, -0.2) is 9.37 Å². The molecule has 8 rings (SSSR count). The molecule has 8 aromatic rings. The van der Waals surface area contributed by atoms with Gasteiger partial charge in [0, 0.05) is 36.5 Å². The fourth-order valence-corrected chi connectivity index (χ4v) is 6.87. The summed E-state index contributed by atoms with van der Waals surface area (Å²) in [7, 11) is 0. The normalized spacial score (nSPS) is 12.1. The van der Waals surface area contributed by atoms with Crippen LogP contribution in [0, 0.1) is 12.7 Å². The summed E-state index contributed by atoms with van der Waals surface area (Å²) in [5.74, 6) is 0.619. The number of aryl methyl sites for hydroxylation is 1. The molecule has 0 atom stereocenters. The molecule has 0 spiro atoms. The Balaban J connectivity index is 1.51. The first-order valence-corrected chi connectivity index (χ1v) is 13.0. The van der Waals surface area contributed by atoms with Crippen LogP contribution in [-0.4, -0.2) is 9.55 Å². The number of thiophene rings is 1. The molecule has 0 aliphatic rings. The SMILES string of the molecule is Cc1ccc(-c2nc3ccccc3n2-c2cccc3c2oc2ccccc23)c2sc3cc(F)ccc3c12. The maximum absolute atomic E-state index is 14.1. The molecule has 3 nitrogen and oxygen atoms in total. The first-order chi connectivity index (χ1) is 18.2. The van der Waals surface area contributed by atoms with Crippen molar-refractivity contribution in [2.45, 2.75) is 6.92 Å². The summed E-state index contributed by atoms with van der Waals surface area (Å²) in [4.78, 5) is 5.14. The van der Waals surface area contributed by atoms with Crippen molar-refractivity contribution in [2.75, 3.05) is 0 Å². The summed E-state index contributed by atoms with van der Waals surface area (Å²) in [6, 6.07) is 31.9. The second-order valence-corrected chi connectivity index (χ2v) is 10.4. The number of nitrogens with zero attached hydrogens (tertiary/aromatic N) is 2. The topological polar surface area (TPSA) is 31.0 Å². The molecule has 0 fully saturated rings. The van der Waals surface area contributed by atoms with Gasteiger partial charge in [0.15, 0.2) is 5.58 Å². The van der Waals surface area contributed by atoms with Gasteiger partial charge in [-0.1, -0.05) is 48.5 Å². The van der Waals surface area contributed by atoms with E-state index in [1.807, 2.05) is 42.5 Å². The largest absolute Gasteiger partial charge is 0.454 e. The second-order valence-electron chi connectivity index (χ2n) is 9.39. The Labute approximate surface area is 215 Å². The van der Waals surface area contributed by atoms with Gasteiger partial charge in [0.2, 0.25) is 0 Å². The number of aromatic nitrogens is 2. The van der Waals surface area contributed by atoms with Crippen molar-refractivity contribution in [3.63, 3.8) is 0 Å². The third-order valence-electron chi connectivity index (χ3n) is 7.22. The molecule has 176 valence electrons. The summed E-state index contributed by atoms with van der Waals surface area (Å²) in [6.07, 6.45) is 0. The summed E-state index contributed by atoms with van der Waals surface area (Å²) in [5, 5.41) is 4.39. The average Bonchev–Trinajstić information content (AvgIpc) is 3.60. The van der Waals surface area contributed by atoms with Gasteiger partial charge in [-0.15, -0.1) is 11.3 Å². The Morgan fingerprint density at radius 3 is 2.59 bits per heavy atom. The monoisotopic (exact) mass is 498 g/mol. The van der Waals surface area contributed by atoms with Crippen LogP contribution >= 0.6 is 11.3 Å². The molecule has 0 amide bonds. The molecule has 3 aromatic heterocycles. The molecular weight excluding hydrogens is 479 g/mol. The van der Waals surface area contributed by atoms with Crippen LogP contribution in [0.15, 0.2) is 101 Å². The van der Waals surface area contributed by atoms with Crippen molar-refractivity contribution in [3.8, 4) is 17.1 Å². The molecule has 0 aliphatic carbocycles. The first kappa shape index (κ1) is 20.7. The van der Waals surface area contributed by atoms with Crippen LogP contribution in [0.3, 0.4) is 0 Å². The fourth-order valence-electron chi connectivity index (χ4n) is 5.55. The van der Waals surface area contributed by atoms with Crippen molar-refractivity contribution < 1.29 is 8.81 Å². The molecule has 0 aliphatic heterocycles. The van der Waals surface area contributed by atoms with Gasteiger partial charge in [-0.2, -0.15) is 0 Å². The number of imidazole rings is 1. The van der Waals surface area contributed by atoms with E-state index in [2.05, 4.69) is 54.0 Å². The number of fused-ring (bicyclic) bond motifs is 7. The van der Waals surface area contributed by atoms with E-state index in [0.29, 0.717) is 0 Å². The van der Waals surface area contributed by atoms with Crippen LogP contribution in [0.4, 0.5) is 4.39 Å². The Hall–Kier alpha value is -4.48. The number of para-hydroxylation sites is 4. The highest BCUT2D eigenvalue weighted by Crippen LogP contribution is 2.43. The minimum atomic E-state index is -0.220. The quantitative estimate of drug-likeness (QED) is 0.238. The zero-order valence-electron chi connectivity index (χ0n) is 19.8. The molecule has 0 radical (unpaired) electrons. The number of rotatable bonds is 2. The van der Waals surface area contributed by atoms with Gasteiger partial charge >= 0.3 is 0 Å². The minimum Gasteiger partial charge on any atom is -0.454 e. The van der Waals surface area contributed by atoms with E-state index < -0.39 is 0 Å². The van der Waals surface area contributed by atoms with Crippen molar-refractivity contribution in [1.29, 1.82) is 0 Å². The Morgan fingerprint density at radius 2 is 1.65 bits per heavy atom. The fraction of sp³-hybridized carbons (Fsp3) is 0.0312. The predicted octanol–water partition coefficient (Wildman–Crippen LogP) is 9.41. The third-order valence-corrected chi connectivity index (χ3v) is 8.40. The van der Waals surface area contributed by atoms with Gasteiger partial charge < -0.3 is 4.42 Å². The highest BCUT2D eigenvalue weighted by molar-refractivity contribution is 7.26. The molecular formula is C32H19FN2OS. The van der Waals surface area contributed by atoms with E-state index in [-0.39, 0.29) is 5.82 Å². The summed E-state index contributed by atoms with van der Waals surface area (Å²) in [6.45, 7) is 2.11. The molecule has 5 aromatic carbocycles. The van der Waals surface area contributed by atoms with E-state index in [1.165, 1.54) is 11.6 Å². The molecule has 0 unspecified atom stereocenters. The van der Waals surface area contributed by atoms with Crippen LogP contribution in [-0.2, 0) is 0 Å². The summed E-state index contributed by atoms with van der Waals surface area (Å²) in [5.41, 5.74) is 6.73. The highest BCUT2D eigenvalue weighted by atomic mass is 32.1. The van der Waals surface area contributed by atoms with E-state index in [4.69, 9.17) is 9.40 Å². The average molecular weight is 499 g/mol. The van der Waals surface area contributed by atoms with Crippen molar-refractivity contribution in [1.82, 2.24) is 9.55 Å². The van der Waals surface area contributed by atoms with Crippen LogP contribution in [0.5, 0.6) is 0 Å². The smallest absolute Gasteiger partial charge is 0.159 e. The van der Waals surface area contributed by atoms with E-state index >= 15 is 0 Å². The molecule has 3 heterocycles. The number of hydrogen-bond acceptors (Lipinski definition) is 3. The molecule has 0 saturated carbocycles. The van der Waals surface area contributed by atoms with Gasteiger partial charge in [-0.3, -0.25) is 4.57 Å². The minimum absolute atomic E-state index is 0.220. The number of furan rings is 1. The van der Waals surface area contributed by atoms with Crippen LogP contribution < -0.4 is 0 Å². The Kier molecular flexibility index (Phi) is 4.20. The van der Waals surface area contributed by atoms with Crippen LogP contribution in [0.2, 0.25) is 0 Å². The molecule has 0 saturated heterocycles. The number of hydrogen-bond donors (Lipinski definition) is 0.